The fourth-order valence-electron chi connectivity index (χ4n) is 3.61. The molecule has 2 aliphatic rings. The van der Waals surface area contributed by atoms with Gasteiger partial charge in [-0.05, 0) is 56.3 Å². The minimum Gasteiger partial charge on any atom is -0.466 e. The highest BCUT2D eigenvalue weighted by Crippen LogP contribution is 2.35. The van der Waals surface area contributed by atoms with Gasteiger partial charge in [-0.1, -0.05) is 18.2 Å². The zero-order chi connectivity index (χ0) is 20.9. The number of hydrogen-bond acceptors (Lipinski definition) is 6. The summed E-state index contributed by atoms with van der Waals surface area (Å²) in [6, 6.07) is 11.7. The minimum absolute atomic E-state index is 0.00918. The van der Waals surface area contributed by atoms with Gasteiger partial charge in [0.2, 0.25) is 0 Å². The monoisotopic (exact) mass is 425 g/mol. The van der Waals surface area contributed by atoms with Gasteiger partial charge in [0, 0.05) is 31.7 Å². The summed E-state index contributed by atoms with van der Waals surface area (Å²) >= 11 is 1.43. The largest absolute Gasteiger partial charge is 0.466 e. The van der Waals surface area contributed by atoms with Crippen LogP contribution in [0.5, 0.6) is 0 Å². The lowest BCUT2D eigenvalue weighted by Crippen LogP contribution is -2.38. The van der Waals surface area contributed by atoms with E-state index in [0.717, 1.165) is 67.2 Å². The predicted molar refractivity (Wildman–Crippen MR) is 121 cm³/mol. The van der Waals surface area contributed by atoms with Crippen LogP contribution in [-0.4, -0.2) is 60.3 Å². The average Bonchev–Trinajstić information content (AvgIpc) is 3.22. The predicted octanol–water partition coefficient (Wildman–Crippen LogP) is 4.22. The van der Waals surface area contributed by atoms with Crippen LogP contribution in [0.15, 0.2) is 50.7 Å². The molecule has 0 N–H and O–H groups in total. The van der Waals surface area contributed by atoms with Gasteiger partial charge in [0.1, 0.15) is 11.5 Å². The van der Waals surface area contributed by atoms with Crippen molar-refractivity contribution in [2.24, 2.45) is 4.99 Å². The number of nitrogens with zero attached hydrogens (tertiary/aromatic N) is 3. The quantitative estimate of drug-likeness (QED) is 0.649. The zero-order valence-corrected chi connectivity index (χ0v) is 18.3. The Morgan fingerprint density at radius 1 is 1.13 bits per heavy atom. The first kappa shape index (κ1) is 20.9. The third-order valence-electron chi connectivity index (χ3n) is 5.19. The van der Waals surface area contributed by atoms with E-state index in [-0.39, 0.29) is 5.91 Å². The van der Waals surface area contributed by atoms with Crippen molar-refractivity contribution < 1.29 is 13.9 Å². The van der Waals surface area contributed by atoms with Crippen molar-refractivity contribution in [3.05, 3.63) is 58.4 Å². The molecule has 4 rings (SSSR count). The molecule has 30 heavy (non-hydrogen) atoms. The van der Waals surface area contributed by atoms with Gasteiger partial charge >= 0.3 is 0 Å². The van der Waals surface area contributed by atoms with E-state index >= 15 is 0 Å². The lowest BCUT2D eigenvalue weighted by atomic mass is 10.2. The molecule has 158 valence electrons. The highest BCUT2D eigenvalue weighted by atomic mass is 32.2. The Hall–Kier alpha value is -2.35. The van der Waals surface area contributed by atoms with E-state index in [2.05, 4.69) is 4.90 Å². The third kappa shape index (κ3) is 5.03. The molecule has 3 heterocycles. The number of amides is 1. The molecule has 0 spiro atoms. The number of carbonyl (C=O) groups is 1. The van der Waals surface area contributed by atoms with E-state index in [0.29, 0.717) is 11.4 Å². The molecule has 2 fully saturated rings. The second kappa shape index (κ2) is 9.64. The number of aryl methyl sites for hydroxylation is 2. The summed E-state index contributed by atoms with van der Waals surface area (Å²) in [6.45, 7) is 8.92. The molecule has 2 aromatic rings. The number of benzene rings is 1. The smallest absolute Gasteiger partial charge is 0.266 e. The van der Waals surface area contributed by atoms with Gasteiger partial charge in [0.05, 0.1) is 23.8 Å². The Balaban J connectivity index is 1.53. The number of furan rings is 1. The average molecular weight is 426 g/mol. The van der Waals surface area contributed by atoms with Crippen molar-refractivity contribution in [3.63, 3.8) is 0 Å². The Morgan fingerprint density at radius 2 is 1.90 bits per heavy atom. The Bertz CT molecular complexity index is 946. The summed E-state index contributed by atoms with van der Waals surface area (Å²) in [5.41, 5.74) is 1.79. The molecular formula is C23H27N3O3S. The van der Waals surface area contributed by atoms with Crippen LogP contribution in [0, 0.1) is 13.8 Å². The van der Waals surface area contributed by atoms with Gasteiger partial charge in [0.25, 0.3) is 5.91 Å². The second-order valence-corrected chi connectivity index (χ2v) is 8.48. The standard InChI is InChI=1S/C23H27N3O3S/c1-17-15-19(18(2)29-17)16-21-22(27)26(10-6-9-25-11-13-28-14-12-25)23(30-21)24-20-7-4-3-5-8-20/h3-5,7-8,15-16H,6,9-14H2,1-2H3/b21-16-,24-23?. The number of para-hydroxylation sites is 1. The van der Waals surface area contributed by atoms with Gasteiger partial charge in [-0.2, -0.15) is 0 Å². The van der Waals surface area contributed by atoms with Crippen molar-refractivity contribution >= 4 is 34.6 Å². The number of thioether (sulfide) groups is 1. The first-order valence-electron chi connectivity index (χ1n) is 10.3. The summed E-state index contributed by atoms with van der Waals surface area (Å²) < 4.78 is 11.0. The van der Waals surface area contributed by atoms with E-state index in [1.807, 2.05) is 61.2 Å². The normalized spacial score (nSPS) is 20.6. The molecule has 0 atom stereocenters. The van der Waals surface area contributed by atoms with Crippen LogP contribution in [0.4, 0.5) is 5.69 Å². The number of amidine groups is 1. The molecule has 0 saturated carbocycles. The summed E-state index contributed by atoms with van der Waals surface area (Å²) in [7, 11) is 0. The Labute approximate surface area is 181 Å². The number of morpholine rings is 1. The molecule has 0 aliphatic carbocycles. The van der Waals surface area contributed by atoms with Gasteiger partial charge < -0.3 is 9.15 Å². The fraction of sp³-hybridized carbons (Fsp3) is 0.391. The minimum atomic E-state index is 0.00918. The Morgan fingerprint density at radius 3 is 2.60 bits per heavy atom. The highest BCUT2D eigenvalue weighted by molar-refractivity contribution is 8.18. The van der Waals surface area contributed by atoms with Crippen molar-refractivity contribution in [2.45, 2.75) is 20.3 Å². The Kier molecular flexibility index (Phi) is 6.72. The lowest BCUT2D eigenvalue weighted by molar-refractivity contribution is -0.122. The summed E-state index contributed by atoms with van der Waals surface area (Å²) in [5.74, 6) is 1.67. The van der Waals surface area contributed by atoms with E-state index in [1.165, 1.54) is 11.8 Å². The number of carbonyl (C=O) groups excluding carboxylic acids is 1. The van der Waals surface area contributed by atoms with Gasteiger partial charge in [-0.25, -0.2) is 4.99 Å². The summed E-state index contributed by atoms with van der Waals surface area (Å²) in [4.78, 5) is 22.8. The van der Waals surface area contributed by atoms with Crippen molar-refractivity contribution in [2.75, 3.05) is 39.4 Å². The van der Waals surface area contributed by atoms with E-state index in [4.69, 9.17) is 14.1 Å². The molecule has 0 radical (unpaired) electrons. The number of ether oxygens (including phenoxy) is 1. The van der Waals surface area contributed by atoms with Crippen molar-refractivity contribution in [1.29, 1.82) is 0 Å². The third-order valence-corrected chi connectivity index (χ3v) is 6.20. The maximum absolute atomic E-state index is 13.2. The van der Waals surface area contributed by atoms with Gasteiger partial charge in [-0.15, -0.1) is 0 Å². The maximum Gasteiger partial charge on any atom is 0.266 e. The first-order chi connectivity index (χ1) is 14.6. The van der Waals surface area contributed by atoms with Crippen LogP contribution in [0.25, 0.3) is 6.08 Å². The van der Waals surface area contributed by atoms with Crippen molar-refractivity contribution in [1.82, 2.24) is 9.80 Å². The van der Waals surface area contributed by atoms with Gasteiger partial charge in [0.15, 0.2) is 5.17 Å². The number of rotatable bonds is 6. The fourth-order valence-corrected chi connectivity index (χ4v) is 4.63. The molecule has 2 saturated heterocycles. The SMILES string of the molecule is Cc1cc(/C=C2\SC(=Nc3ccccc3)N(CCCN3CCOCC3)C2=O)c(C)o1. The molecule has 1 amide bonds. The lowest BCUT2D eigenvalue weighted by Gasteiger charge is -2.27. The molecule has 1 aromatic carbocycles. The van der Waals surface area contributed by atoms with Gasteiger partial charge in [-0.3, -0.25) is 14.6 Å². The highest BCUT2D eigenvalue weighted by Gasteiger charge is 2.33. The van der Waals surface area contributed by atoms with E-state index < -0.39 is 0 Å². The van der Waals surface area contributed by atoms with Crippen LogP contribution in [-0.2, 0) is 9.53 Å². The zero-order valence-electron chi connectivity index (χ0n) is 17.5. The van der Waals surface area contributed by atoms with Crippen LogP contribution in [0.3, 0.4) is 0 Å². The maximum atomic E-state index is 13.2. The second-order valence-electron chi connectivity index (χ2n) is 7.47. The summed E-state index contributed by atoms with van der Waals surface area (Å²) in [6.07, 6.45) is 2.82. The first-order valence-corrected chi connectivity index (χ1v) is 11.1. The number of hydrogen-bond donors (Lipinski definition) is 0. The van der Waals surface area contributed by atoms with Crippen LogP contribution in [0.2, 0.25) is 0 Å². The van der Waals surface area contributed by atoms with Crippen LogP contribution < -0.4 is 0 Å². The molecule has 0 unspecified atom stereocenters. The molecule has 2 aliphatic heterocycles. The molecular weight excluding hydrogens is 398 g/mol. The van der Waals surface area contributed by atoms with Crippen LogP contribution in [0.1, 0.15) is 23.5 Å². The van der Waals surface area contributed by atoms with Crippen molar-refractivity contribution in [3.8, 4) is 0 Å². The summed E-state index contributed by atoms with van der Waals surface area (Å²) in [5, 5.41) is 0.734. The molecule has 6 nitrogen and oxygen atoms in total. The number of aliphatic imine (C=N–C) groups is 1. The molecule has 1 aromatic heterocycles. The van der Waals surface area contributed by atoms with E-state index in [9.17, 15) is 4.79 Å². The molecule has 0 bridgehead atoms. The molecule has 7 heteroatoms. The van der Waals surface area contributed by atoms with E-state index in [1.54, 1.807) is 0 Å². The topological polar surface area (TPSA) is 58.3 Å². The van der Waals surface area contributed by atoms with Crippen LogP contribution >= 0.6 is 11.8 Å².